The van der Waals surface area contributed by atoms with Crippen LogP contribution in [-0.4, -0.2) is 71.0 Å². The van der Waals surface area contributed by atoms with Gasteiger partial charge in [0.2, 0.25) is 11.8 Å². The monoisotopic (exact) mass is 668 g/mol. The summed E-state index contributed by atoms with van der Waals surface area (Å²) in [5, 5.41) is 7.73. The highest BCUT2D eigenvalue weighted by Gasteiger charge is 2.40. The number of imidazole rings is 1. The fourth-order valence-electron chi connectivity index (χ4n) is 6.05. The number of likely N-dealkylation sites (tertiary alicyclic amines) is 1. The maximum atomic E-state index is 15.8. The minimum absolute atomic E-state index is 0.141. The van der Waals surface area contributed by atoms with E-state index < -0.39 is 29.8 Å². The third-order valence-corrected chi connectivity index (χ3v) is 8.83. The van der Waals surface area contributed by atoms with Crippen LogP contribution in [0.5, 0.6) is 0 Å². The maximum Gasteiger partial charge on any atom is 0.247 e. The SMILES string of the molecule is CC(=O)c1nn(CC(=O)N2C[C@H](F)C[C@H]2C(=O)Nc2cccc(-c3ccc4nc[nH]c4c3Cl)c2F)c2ccc(-c3cnc(C)nc3)cc12. The second-order valence-electron chi connectivity index (χ2n) is 11.6. The smallest absolute Gasteiger partial charge is 0.247 e. The van der Waals surface area contributed by atoms with Gasteiger partial charge in [-0.1, -0.05) is 35.9 Å². The molecule has 0 unspecified atom stereocenters. The molecule has 242 valence electrons. The molecule has 1 aliphatic heterocycles. The van der Waals surface area contributed by atoms with E-state index in [1.54, 1.807) is 55.7 Å². The summed E-state index contributed by atoms with van der Waals surface area (Å²) in [5.74, 6) is -1.75. The number of aryl methyl sites for hydroxylation is 1. The number of anilines is 1. The zero-order valence-corrected chi connectivity index (χ0v) is 26.4. The molecule has 1 saturated heterocycles. The van der Waals surface area contributed by atoms with Gasteiger partial charge < -0.3 is 15.2 Å². The van der Waals surface area contributed by atoms with E-state index in [4.69, 9.17) is 11.6 Å². The van der Waals surface area contributed by atoms with E-state index in [2.05, 4.69) is 30.4 Å². The summed E-state index contributed by atoms with van der Waals surface area (Å²) in [5.41, 5.74) is 3.70. The summed E-state index contributed by atoms with van der Waals surface area (Å²) < 4.78 is 31.9. The number of ketones is 1. The predicted octanol–water partition coefficient (Wildman–Crippen LogP) is 5.92. The summed E-state index contributed by atoms with van der Waals surface area (Å²) in [4.78, 5) is 56.3. The number of Topliss-reactive ketones (excluding diaryl/α,β-unsaturated/α-hetero) is 1. The van der Waals surface area contributed by atoms with Gasteiger partial charge in [-0.25, -0.2) is 23.7 Å². The van der Waals surface area contributed by atoms with E-state index in [1.807, 2.05) is 0 Å². The first kappa shape index (κ1) is 31.1. The van der Waals surface area contributed by atoms with E-state index in [9.17, 15) is 18.8 Å². The lowest BCUT2D eigenvalue weighted by Gasteiger charge is -2.24. The van der Waals surface area contributed by atoms with Gasteiger partial charge in [-0.15, -0.1) is 0 Å². The Hall–Kier alpha value is -5.56. The molecule has 11 nitrogen and oxygen atoms in total. The highest BCUT2D eigenvalue weighted by Crippen LogP contribution is 2.36. The zero-order valence-electron chi connectivity index (χ0n) is 25.7. The quantitative estimate of drug-likeness (QED) is 0.202. The molecule has 0 saturated carbocycles. The molecule has 1 aliphatic rings. The average molecular weight is 669 g/mol. The molecule has 0 spiro atoms. The van der Waals surface area contributed by atoms with Gasteiger partial charge >= 0.3 is 0 Å². The minimum atomic E-state index is -1.47. The Bertz CT molecular complexity index is 2250. The number of H-pyrrole nitrogens is 1. The number of carbonyl (C=O) groups is 3. The van der Waals surface area contributed by atoms with Crippen LogP contribution in [-0.2, 0) is 16.1 Å². The lowest BCUT2D eigenvalue weighted by molar-refractivity contribution is -0.137. The standard InChI is InChI=1S/C34H27ClF2N8O3/c1-17(46)32-24-10-19(20-12-38-18(2)39-13-20)6-9-27(24)45(43-32)15-29(47)44-14-21(36)11-28(44)34(48)42-25-5-3-4-23(31(25)37)22-7-8-26-33(30(22)35)41-16-40-26/h3-10,12-13,16,21,28H,11,14-15H2,1-2H3,(H,40,41)(H,42,48)/t21-,28+/m1/s1. The highest BCUT2D eigenvalue weighted by molar-refractivity contribution is 6.37. The van der Waals surface area contributed by atoms with Gasteiger partial charge in [-0.3, -0.25) is 19.1 Å². The fraction of sp³-hybridized carbons (Fsp3) is 0.206. The summed E-state index contributed by atoms with van der Waals surface area (Å²) in [6.45, 7) is 2.47. The molecule has 3 aromatic carbocycles. The number of hydrogen-bond donors (Lipinski definition) is 2. The molecule has 0 aliphatic carbocycles. The molecular weight excluding hydrogens is 642 g/mol. The van der Waals surface area contributed by atoms with Gasteiger partial charge in [0.25, 0.3) is 0 Å². The maximum absolute atomic E-state index is 15.8. The van der Waals surface area contributed by atoms with Crippen molar-refractivity contribution in [1.82, 2.24) is 34.6 Å². The summed E-state index contributed by atoms with van der Waals surface area (Å²) in [6, 6.07) is 11.9. The van der Waals surface area contributed by atoms with E-state index in [-0.39, 0.29) is 47.3 Å². The molecule has 14 heteroatoms. The van der Waals surface area contributed by atoms with E-state index in [0.29, 0.717) is 33.3 Å². The van der Waals surface area contributed by atoms with Crippen molar-refractivity contribution in [2.75, 3.05) is 11.9 Å². The van der Waals surface area contributed by atoms with Crippen LogP contribution in [0.25, 0.3) is 44.2 Å². The molecule has 2 amide bonds. The van der Waals surface area contributed by atoms with Crippen LogP contribution in [0, 0.1) is 12.7 Å². The van der Waals surface area contributed by atoms with Gasteiger partial charge in [0.05, 0.1) is 40.1 Å². The number of aromatic amines is 1. The van der Waals surface area contributed by atoms with Crippen molar-refractivity contribution in [3.63, 3.8) is 0 Å². The normalized spacial score (nSPS) is 16.1. The van der Waals surface area contributed by atoms with Crippen molar-refractivity contribution in [2.24, 2.45) is 0 Å². The van der Waals surface area contributed by atoms with Crippen molar-refractivity contribution in [1.29, 1.82) is 0 Å². The lowest BCUT2D eigenvalue weighted by atomic mass is 10.0. The Balaban J connectivity index is 1.13. The highest BCUT2D eigenvalue weighted by atomic mass is 35.5. The van der Waals surface area contributed by atoms with Gasteiger partial charge in [0.15, 0.2) is 11.6 Å². The first-order valence-corrected chi connectivity index (χ1v) is 15.4. The van der Waals surface area contributed by atoms with Crippen molar-refractivity contribution in [2.45, 2.75) is 39.0 Å². The first-order chi connectivity index (χ1) is 23.1. The van der Waals surface area contributed by atoms with Crippen molar-refractivity contribution in [3.05, 3.63) is 89.6 Å². The summed E-state index contributed by atoms with van der Waals surface area (Å²) >= 11 is 6.54. The summed E-state index contributed by atoms with van der Waals surface area (Å²) in [7, 11) is 0. The Morgan fingerprint density at radius 1 is 1.04 bits per heavy atom. The fourth-order valence-corrected chi connectivity index (χ4v) is 6.36. The van der Waals surface area contributed by atoms with E-state index >= 15 is 4.39 Å². The Morgan fingerprint density at radius 3 is 2.60 bits per heavy atom. The average Bonchev–Trinajstić information content (AvgIpc) is 3.80. The molecule has 2 atom stereocenters. The Kier molecular flexibility index (Phi) is 7.91. The lowest BCUT2D eigenvalue weighted by Crippen LogP contribution is -2.44. The number of nitrogens with one attached hydrogen (secondary N) is 2. The number of benzene rings is 3. The molecule has 3 aromatic heterocycles. The molecule has 4 heterocycles. The van der Waals surface area contributed by atoms with Crippen LogP contribution in [0.2, 0.25) is 5.02 Å². The molecule has 7 rings (SSSR count). The summed E-state index contributed by atoms with van der Waals surface area (Å²) in [6.07, 6.45) is 3.10. The molecule has 0 bridgehead atoms. The number of fused-ring (bicyclic) bond motifs is 2. The Morgan fingerprint density at radius 2 is 1.83 bits per heavy atom. The second-order valence-corrected chi connectivity index (χ2v) is 12.0. The largest absolute Gasteiger partial charge is 0.343 e. The number of carbonyl (C=O) groups excluding carboxylic acids is 3. The number of rotatable bonds is 7. The van der Waals surface area contributed by atoms with Crippen LogP contribution < -0.4 is 5.32 Å². The number of amides is 2. The first-order valence-electron chi connectivity index (χ1n) is 15.0. The van der Waals surface area contributed by atoms with Gasteiger partial charge in [-0.2, -0.15) is 5.10 Å². The van der Waals surface area contributed by atoms with Gasteiger partial charge in [0.1, 0.15) is 30.3 Å². The number of nitrogens with zero attached hydrogens (tertiary/aromatic N) is 6. The molecule has 2 N–H and O–H groups in total. The van der Waals surface area contributed by atoms with Crippen LogP contribution >= 0.6 is 11.6 Å². The number of halogens is 3. The van der Waals surface area contributed by atoms with E-state index in [1.165, 1.54) is 30.1 Å². The van der Waals surface area contributed by atoms with Crippen LogP contribution in [0.4, 0.5) is 14.5 Å². The van der Waals surface area contributed by atoms with Crippen LogP contribution in [0.3, 0.4) is 0 Å². The number of alkyl halides is 1. The third-order valence-electron chi connectivity index (χ3n) is 8.44. The topological polar surface area (TPSA) is 139 Å². The number of aromatic nitrogens is 6. The molecular formula is C34H27ClF2N8O3. The van der Waals surface area contributed by atoms with Gasteiger partial charge in [-0.05, 0) is 36.8 Å². The van der Waals surface area contributed by atoms with Crippen molar-refractivity contribution in [3.8, 4) is 22.3 Å². The molecule has 0 radical (unpaired) electrons. The number of hydrogen-bond acceptors (Lipinski definition) is 7. The van der Waals surface area contributed by atoms with E-state index in [0.717, 1.165) is 16.0 Å². The van der Waals surface area contributed by atoms with Crippen molar-refractivity contribution >= 4 is 56.8 Å². The molecule has 1 fully saturated rings. The third kappa shape index (κ3) is 5.55. The van der Waals surface area contributed by atoms with Crippen LogP contribution in [0.1, 0.15) is 29.7 Å². The van der Waals surface area contributed by atoms with Crippen LogP contribution in [0.15, 0.2) is 67.3 Å². The second kappa shape index (κ2) is 12.2. The molecule has 6 aromatic rings. The molecule has 48 heavy (non-hydrogen) atoms. The Labute approximate surface area is 277 Å². The predicted molar refractivity (Wildman–Crippen MR) is 176 cm³/mol. The van der Waals surface area contributed by atoms with Crippen molar-refractivity contribution < 1.29 is 23.2 Å². The zero-order chi connectivity index (χ0) is 33.7. The minimum Gasteiger partial charge on any atom is -0.343 e. The van der Waals surface area contributed by atoms with Gasteiger partial charge in [0, 0.05) is 47.8 Å².